The Balaban J connectivity index is 4.03. The molecule has 0 rings (SSSR count). The van der Waals surface area contributed by atoms with E-state index in [1.54, 1.807) is 12.2 Å². The van der Waals surface area contributed by atoms with E-state index in [2.05, 4.69) is 6.58 Å². The average Bonchev–Trinajstić information content (AvgIpc) is 2.12. The fraction of sp³-hybridized carbons (Fsp3) is 0.333. The van der Waals surface area contributed by atoms with Gasteiger partial charge in [0.25, 0.3) is 0 Å². The van der Waals surface area contributed by atoms with Crippen LogP contribution in [0.25, 0.3) is 0 Å². The van der Waals surface area contributed by atoms with Gasteiger partial charge in [0.15, 0.2) is 0 Å². The van der Waals surface area contributed by atoms with Gasteiger partial charge in [-0.25, -0.2) is 4.39 Å². The van der Waals surface area contributed by atoms with Crippen LogP contribution in [0, 0.1) is 0 Å². The highest BCUT2D eigenvalue weighted by Crippen LogP contribution is 2.05. The van der Waals surface area contributed by atoms with E-state index in [0.717, 1.165) is 18.4 Å². The standard InChI is InChI=1S/C12H17F/c1-4-6-8-12(13)10-9-11(3)7-5-2/h5,7-10H,3-4,6H2,1-2H3/b7-5-,10-9-,12-8+. The maximum absolute atomic E-state index is 12.9. The second-order valence-corrected chi connectivity index (χ2v) is 2.79. The summed E-state index contributed by atoms with van der Waals surface area (Å²) in [7, 11) is 0. The smallest absolute Gasteiger partial charge is 0.119 e. The van der Waals surface area contributed by atoms with Gasteiger partial charge in [-0.1, -0.05) is 38.2 Å². The van der Waals surface area contributed by atoms with Crippen molar-refractivity contribution in [2.24, 2.45) is 0 Å². The number of unbranched alkanes of at least 4 members (excludes halogenated alkanes) is 1. The third kappa shape index (κ3) is 7.26. The van der Waals surface area contributed by atoms with Gasteiger partial charge in [0.2, 0.25) is 0 Å². The minimum Gasteiger partial charge on any atom is -0.207 e. The lowest BCUT2D eigenvalue weighted by atomic mass is 10.2. The summed E-state index contributed by atoms with van der Waals surface area (Å²) in [6.45, 7) is 7.65. The van der Waals surface area contributed by atoms with Crippen molar-refractivity contribution < 1.29 is 4.39 Å². The number of hydrogen-bond donors (Lipinski definition) is 0. The van der Waals surface area contributed by atoms with E-state index in [1.165, 1.54) is 6.08 Å². The van der Waals surface area contributed by atoms with E-state index in [1.807, 2.05) is 26.0 Å². The van der Waals surface area contributed by atoms with Gasteiger partial charge >= 0.3 is 0 Å². The van der Waals surface area contributed by atoms with Crippen LogP contribution in [0.3, 0.4) is 0 Å². The number of halogens is 1. The lowest BCUT2D eigenvalue weighted by Crippen LogP contribution is -1.70. The Bertz CT molecular complexity index is 232. The minimum absolute atomic E-state index is 0.187. The van der Waals surface area contributed by atoms with Crippen LogP contribution in [0.4, 0.5) is 4.39 Å². The Morgan fingerprint density at radius 1 is 1.31 bits per heavy atom. The third-order valence-corrected chi connectivity index (χ3v) is 1.47. The van der Waals surface area contributed by atoms with Crippen molar-refractivity contribution in [1.82, 2.24) is 0 Å². The summed E-state index contributed by atoms with van der Waals surface area (Å²) in [5.74, 6) is -0.187. The average molecular weight is 180 g/mol. The van der Waals surface area contributed by atoms with Crippen LogP contribution in [-0.4, -0.2) is 0 Å². The molecule has 0 radical (unpaired) electrons. The van der Waals surface area contributed by atoms with Crippen LogP contribution in [0.5, 0.6) is 0 Å². The Hall–Kier alpha value is -1.11. The quantitative estimate of drug-likeness (QED) is 0.552. The van der Waals surface area contributed by atoms with Gasteiger partial charge in [-0.3, -0.25) is 0 Å². The van der Waals surface area contributed by atoms with Crippen molar-refractivity contribution in [3.05, 3.63) is 48.4 Å². The summed E-state index contributed by atoms with van der Waals surface area (Å²) in [5, 5.41) is 0. The fourth-order valence-corrected chi connectivity index (χ4v) is 0.807. The first kappa shape index (κ1) is 11.9. The number of hydrogen-bond acceptors (Lipinski definition) is 0. The Morgan fingerprint density at radius 2 is 2.00 bits per heavy atom. The van der Waals surface area contributed by atoms with Crippen molar-refractivity contribution in [1.29, 1.82) is 0 Å². The van der Waals surface area contributed by atoms with Gasteiger partial charge in [0.05, 0.1) is 0 Å². The minimum atomic E-state index is -0.187. The zero-order chi connectivity index (χ0) is 10.1. The van der Waals surface area contributed by atoms with Crippen LogP contribution >= 0.6 is 0 Å². The van der Waals surface area contributed by atoms with E-state index < -0.39 is 0 Å². The molecule has 0 heterocycles. The van der Waals surface area contributed by atoms with Crippen LogP contribution in [0.1, 0.15) is 26.7 Å². The van der Waals surface area contributed by atoms with Crippen LogP contribution in [0.15, 0.2) is 48.4 Å². The van der Waals surface area contributed by atoms with E-state index >= 15 is 0 Å². The largest absolute Gasteiger partial charge is 0.207 e. The Labute approximate surface area is 80.2 Å². The molecule has 72 valence electrons. The van der Waals surface area contributed by atoms with Gasteiger partial charge in [0, 0.05) is 0 Å². The molecule has 1 heteroatoms. The molecule has 0 N–H and O–H groups in total. The molecule has 0 aromatic carbocycles. The summed E-state index contributed by atoms with van der Waals surface area (Å²) < 4.78 is 12.9. The monoisotopic (exact) mass is 180 g/mol. The molecule has 0 saturated heterocycles. The van der Waals surface area contributed by atoms with Gasteiger partial charge < -0.3 is 0 Å². The van der Waals surface area contributed by atoms with E-state index in [-0.39, 0.29) is 5.83 Å². The second kappa shape index (κ2) is 7.53. The van der Waals surface area contributed by atoms with Crippen LogP contribution < -0.4 is 0 Å². The van der Waals surface area contributed by atoms with Crippen molar-refractivity contribution >= 4 is 0 Å². The van der Waals surface area contributed by atoms with Gasteiger partial charge in [-0.05, 0) is 31.1 Å². The normalized spacial score (nSPS) is 13.0. The maximum atomic E-state index is 12.9. The summed E-state index contributed by atoms with van der Waals surface area (Å²) in [4.78, 5) is 0. The molecule has 13 heavy (non-hydrogen) atoms. The first-order valence-electron chi connectivity index (χ1n) is 4.56. The second-order valence-electron chi connectivity index (χ2n) is 2.79. The molecule has 0 aromatic rings. The van der Waals surface area contributed by atoms with Crippen molar-refractivity contribution in [2.45, 2.75) is 26.7 Å². The molecule has 0 aromatic heterocycles. The predicted octanol–water partition coefficient (Wildman–Crippen LogP) is 4.33. The Morgan fingerprint density at radius 3 is 2.54 bits per heavy atom. The summed E-state index contributed by atoms with van der Waals surface area (Å²) in [6, 6.07) is 0. The van der Waals surface area contributed by atoms with Crippen molar-refractivity contribution in [3.8, 4) is 0 Å². The SMILES string of the molecule is C=C(/C=C\C)/C=C\C(F)=C/CCC. The summed E-state index contributed by atoms with van der Waals surface area (Å²) in [5.41, 5.74) is 0.808. The van der Waals surface area contributed by atoms with Crippen molar-refractivity contribution in [3.63, 3.8) is 0 Å². The lowest BCUT2D eigenvalue weighted by molar-refractivity contribution is 0.658. The predicted molar refractivity (Wildman–Crippen MR) is 57.2 cm³/mol. The van der Waals surface area contributed by atoms with Gasteiger partial charge in [0.1, 0.15) is 5.83 Å². The number of allylic oxidation sites excluding steroid dienone is 7. The third-order valence-electron chi connectivity index (χ3n) is 1.47. The van der Waals surface area contributed by atoms with Crippen LogP contribution in [-0.2, 0) is 0 Å². The van der Waals surface area contributed by atoms with E-state index in [0.29, 0.717) is 0 Å². The molecular weight excluding hydrogens is 163 g/mol. The Kier molecular flexibility index (Phi) is 6.89. The topological polar surface area (TPSA) is 0 Å². The first-order chi connectivity index (χ1) is 6.20. The maximum Gasteiger partial charge on any atom is 0.119 e. The van der Waals surface area contributed by atoms with E-state index in [4.69, 9.17) is 0 Å². The highest BCUT2D eigenvalue weighted by molar-refractivity contribution is 5.30. The zero-order valence-corrected chi connectivity index (χ0v) is 8.39. The molecule has 0 bridgehead atoms. The molecule has 0 amide bonds. The molecule has 0 atom stereocenters. The van der Waals surface area contributed by atoms with Crippen LogP contribution in [0.2, 0.25) is 0 Å². The molecule has 0 saturated carbocycles. The first-order valence-corrected chi connectivity index (χ1v) is 4.56. The fourth-order valence-electron chi connectivity index (χ4n) is 0.807. The highest BCUT2D eigenvalue weighted by atomic mass is 19.1. The van der Waals surface area contributed by atoms with Gasteiger partial charge in [-0.15, -0.1) is 0 Å². The van der Waals surface area contributed by atoms with Crippen molar-refractivity contribution in [2.75, 3.05) is 0 Å². The molecule has 0 nitrogen and oxygen atoms in total. The number of rotatable bonds is 5. The van der Waals surface area contributed by atoms with E-state index in [9.17, 15) is 4.39 Å². The molecule has 0 spiro atoms. The molecule has 0 fully saturated rings. The molecular formula is C12H17F. The highest BCUT2D eigenvalue weighted by Gasteiger charge is 1.86. The molecule has 0 unspecified atom stereocenters. The summed E-state index contributed by atoms with van der Waals surface area (Å²) >= 11 is 0. The molecule has 0 aliphatic carbocycles. The molecule has 0 aliphatic heterocycles. The summed E-state index contributed by atoms with van der Waals surface area (Å²) in [6.07, 6.45) is 10.2. The lowest BCUT2D eigenvalue weighted by Gasteiger charge is -1.89. The van der Waals surface area contributed by atoms with Gasteiger partial charge in [-0.2, -0.15) is 0 Å². The zero-order valence-electron chi connectivity index (χ0n) is 8.39. The molecule has 0 aliphatic rings.